The second-order valence-corrected chi connectivity index (χ2v) is 7.93. The smallest absolute Gasteiger partial charge is 0.0721 e. The number of rotatable bonds is 7. The Morgan fingerprint density at radius 3 is 0.971 bits per heavy atom. The summed E-state index contributed by atoms with van der Waals surface area (Å²) in [5.41, 5.74) is 3.67. The van der Waals surface area contributed by atoms with Crippen molar-refractivity contribution >= 4 is 10.8 Å². The molecule has 0 spiro atoms. The van der Waals surface area contributed by atoms with E-state index in [0.29, 0.717) is 13.2 Å². The monoisotopic (exact) mass is 462 g/mol. The summed E-state index contributed by atoms with van der Waals surface area (Å²) < 4.78 is 10.8. The first-order valence-corrected chi connectivity index (χ1v) is 12.1. The van der Waals surface area contributed by atoms with Gasteiger partial charge in [-0.1, -0.05) is 140 Å². The van der Waals surface area contributed by atoms with Gasteiger partial charge in [0.1, 0.15) is 0 Å². The molecule has 2 nitrogen and oxygen atoms in total. The van der Waals surface area contributed by atoms with Crippen molar-refractivity contribution in [2.75, 3.05) is 6.61 Å². The molecule has 5 aromatic rings. The molecular formula is C33H34O2. The molecule has 2 heteroatoms. The van der Waals surface area contributed by atoms with Gasteiger partial charge in [-0.2, -0.15) is 0 Å². The molecule has 0 aliphatic heterocycles. The zero-order chi connectivity index (χ0) is 24.4. The van der Waals surface area contributed by atoms with Crippen LogP contribution in [0.1, 0.15) is 23.6 Å². The van der Waals surface area contributed by atoms with Gasteiger partial charge in [-0.15, -0.1) is 0 Å². The van der Waals surface area contributed by atoms with E-state index in [4.69, 9.17) is 9.47 Å². The number of benzene rings is 5. The molecule has 0 heterocycles. The molecule has 0 aliphatic carbocycles. The Kier molecular flexibility index (Phi) is 11.8. The third kappa shape index (κ3) is 10.4. The van der Waals surface area contributed by atoms with Crippen LogP contribution in [0, 0.1) is 0 Å². The summed E-state index contributed by atoms with van der Waals surface area (Å²) in [6.07, 6.45) is 0. The van der Waals surface area contributed by atoms with E-state index in [1.165, 1.54) is 27.5 Å². The van der Waals surface area contributed by atoms with E-state index in [-0.39, 0.29) is 0 Å². The molecule has 5 rings (SSSR count). The molecule has 0 atom stereocenters. The summed E-state index contributed by atoms with van der Waals surface area (Å²) in [7, 11) is 0. The molecule has 0 unspecified atom stereocenters. The van der Waals surface area contributed by atoms with Crippen LogP contribution < -0.4 is 0 Å². The highest BCUT2D eigenvalue weighted by Crippen LogP contribution is 2.11. The standard InChI is InChI=1S/C14H14O.C10H8.C9H12O/c1-3-7-13(8-4-1)11-15-12-14-9-5-2-6-10-14;1-2-6-10-8-4-3-7-9(10)5-1;1-2-10-8-9-6-4-3-5-7-9/h1-10H,11-12H2;1-8H;3-7H,2,8H2,1H3. The van der Waals surface area contributed by atoms with Crippen molar-refractivity contribution in [2.45, 2.75) is 26.7 Å². The zero-order valence-electron chi connectivity index (χ0n) is 20.4. The van der Waals surface area contributed by atoms with Gasteiger partial charge >= 0.3 is 0 Å². The van der Waals surface area contributed by atoms with Gasteiger partial charge in [0, 0.05) is 6.61 Å². The molecule has 0 fully saturated rings. The SMILES string of the molecule is CCOCc1ccccc1.c1ccc(COCc2ccccc2)cc1.c1ccc2ccccc2c1. The molecule has 0 saturated heterocycles. The number of fused-ring (bicyclic) bond motifs is 1. The Morgan fingerprint density at radius 1 is 0.371 bits per heavy atom. The van der Waals surface area contributed by atoms with Crippen molar-refractivity contribution in [2.24, 2.45) is 0 Å². The van der Waals surface area contributed by atoms with Gasteiger partial charge in [0.15, 0.2) is 0 Å². The van der Waals surface area contributed by atoms with Gasteiger partial charge in [-0.25, -0.2) is 0 Å². The van der Waals surface area contributed by atoms with Crippen LogP contribution in [0.3, 0.4) is 0 Å². The quantitative estimate of drug-likeness (QED) is 0.241. The van der Waals surface area contributed by atoms with Crippen LogP contribution in [0.4, 0.5) is 0 Å². The van der Waals surface area contributed by atoms with Crippen molar-refractivity contribution in [3.8, 4) is 0 Å². The van der Waals surface area contributed by atoms with Gasteiger partial charge in [-0.3, -0.25) is 0 Å². The second-order valence-electron chi connectivity index (χ2n) is 7.93. The van der Waals surface area contributed by atoms with Crippen LogP contribution in [0.15, 0.2) is 140 Å². The molecule has 0 aliphatic rings. The van der Waals surface area contributed by atoms with Crippen molar-refractivity contribution in [1.29, 1.82) is 0 Å². The van der Waals surface area contributed by atoms with E-state index in [9.17, 15) is 0 Å². The van der Waals surface area contributed by atoms with Crippen LogP contribution >= 0.6 is 0 Å². The van der Waals surface area contributed by atoms with E-state index in [1.807, 2.05) is 61.5 Å². The number of ether oxygens (including phenoxy) is 2. The number of hydrogen-bond acceptors (Lipinski definition) is 2. The van der Waals surface area contributed by atoms with Crippen LogP contribution in [0.2, 0.25) is 0 Å². The minimum Gasteiger partial charge on any atom is -0.377 e. The molecule has 0 radical (unpaired) electrons. The lowest BCUT2D eigenvalue weighted by Crippen LogP contribution is -1.93. The van der Waals surface area contributed by atoms with Crippen LogP contribution in [-0.4, -0.2) is 6.61 Å². The maximum atomic E-state index is 5.61. The lowest BCUT2D eigenvalue weighted by Gasteiger charge is -2.03. The predicted molar refractivity (Wildman–Crippen MR) is 147 cm³/mol. The third-order valence-electron chi connectivity index (χ3n) is 5.20. The highest BCUT2D eigenvalue weighted by molar-refractivity contribution is 5.82. The molecular weight excluding hydrogens is 428 g/mol. The van der Waals surface area contributed by atoms with Gasteiger partial charge in [-0.05, 0) is 34.4 Å². The van der Waals surface area contributed by atoms with E-state index >= 15 is 0 Å². The van der Waals surface area contributed by atoms with Crippen molar-refractivity contribution < 1.29 is 9.47 Å². The summed E-state index contributed by atoms with van der Waals surface area (Å²) in [6.45, 7) is 4.88. The van der Waals surface area contributed by atoms with Crippen molar-refractivity contribution in [3.63, 3.8) is 0 Å². The Balaban J connectivity index is 0.000000152. The highest BCUT2D eigenvalue weighted by Gasteiger charge is 1.93. The Bertz CT molecular complexity index is 1080. The van der Waals surface area contributed by atoms with Crippen molar-refractivity contribution in [3.05, 3.63) is 156 Å². The molecule has 0 amide bonds. The maximum absolute atomic E-state index is 5.61. The molecule has 5 aromatic carbocycles. The van der Waals surface area contributed by atoms with Gasteiger partial charge < -0.3 is 9.47 Å². The minimum atomic E-state index is 0.676. The third-order valence-corrected chi connectivity index (χ3v) is 5.20. The highest BCUT2D eigenvalue weighted by atomic mass is 16.5. The fourth-order valence-electron chi connectivity index (χ4n) is 3.36. The summed E-state index contributed by atoms with van der Waals surface area (Å²) in [4.78, 5) is 0. The predicted octanol–water partition coefficient (Wildman–Crippen LogP) is 8.47. The second kappa shape index (κ2) is 16.0. The lowest BCUT2D eigenvalue weighted by atomic mass is 10.1. The van der Waals surface area contributed by atoms with Crippen LogP contribution in [0.5, 0.6) is 0 Å². The van der Waals surface area contributed by atoms with Crippen molar-refractivity contribution in [1.82, 2.24) is 0 Å². The first-order chi connectivity index (χ1) is 17.3. The van der Waals surface area contributed by atoms with Gasteiger partial charge in [0.2, 0.25) is 0 Å². The number of hydrogen-bond donors (Lipinski definition) is 0. The first-order valence-electron chi connectivity index (χ1n) is 12.1. The van der Waals surface area contributed by atoms with Gasteiger partial charge in [0.25, 0.3) is 0 Å². The fraction of sp³-hybridized carbons (Fsp3) is 0.152. The normalized spacial score (nSPS) is 9.97. The maximum Gasteiger partial charge on any atom is 0.0721 e. The Labute approximate surface area is 209 Å². The van der Waals surface area contributed by atoms with Crippen LogP contribution in [-0.2, 0) is 29.3 Å². The van der Waals surface area contributed by atoms with E-state index < -0.39 is 0 Å². The molecule has 0 saturated carbocycles. The summed E-state index contributed by atoms with van der Waals surface area (Å²) >= 11 is 0. The minimum absolute atomic E-state index is 0.676. The van der Waals surface area contributed by atoms with E-state index in [1.54, 1.807) is 0 Å². The Morgan fingerprint density at radius 2 is 0.657 bits per heavy atom. The fourth-order valence-corrected chi connectivity index (χ4v) is 3.36. The Hall–Kier alpha value is -3.72. The average Bonchev–Trinajstić information content (AvgIpc) is 2.94. The molecule has 0 N–H and O–H groups in total. The largest absolute Gasteiger partial charge is 0.377 e. The topological polar surface area (TPSA) is 18.5 Å². The average molecular weight is 463 g/mol. The first kappa shape index (κ1) is 25.9. The summed E-state index contributed by atoms with van der Waals surface area (Å²) in [6, 6.07) is 47.3. The zero-order valence-corrected chi connectivity index (χ0v) is 20.4. The van der Waals surface area contributed by atoms with Crippen LogP contribution in [0.25, 0.3) is 10.8 Å². The molecule has 0 bridgehead atoms. The molecule has 35 heavy (non-hydrogen) atoms. The molecule has 178 valence electrons. The van der Waals surface area contributed by atoms with E-state index in [0.717, 1.165) is 13.2 Å². The molecule has 0 aromatic heterocycles. The summed E-state index contributed by atoms with van der Waals surface area (Å²) in [5.74, 6) is 0. The summed E-state index contributed by atoms with van der Waals surface area (Å²) in [5, 5.41) is 2.62. The lowest BCUT2D eigenvalue weighted by molar-refractivity contribution is 0.107. The van der Waals surface area contributed by atoms with E-state index in [2.05, 4.69) is 84.9 Å². The van der Waals surface area contributed by atoms with Gasteiger partial charge in [0.05, 0.1) is 19.8 Å².